The highest BCUT2D eigenvalue weighted by Crippen LogP contribution is 2.16. The molecular weight excluding hydrogens is 294 g/mol. The van der Waals surface area contributed by atoms with Crippen molar-refractivity contribution in [3.63, 3.8) is 0 Å². The van der Waals surface area contributed by atoms with Crippen molar-refractivity contribution in [3.05, 3.63) is 47.3 Å². The number of nitrogens with one attached hydrogen (secondary N) is 2. The Bertz CT molecular complexity index is 607. The van der Waals surface area contributed by atoms with Gasteiger partial charge in [-0.1, -0.05) is 34.5 Å². The van der Waals surface area contributed by atoms with Gasteiger partial charge < -0.3 is 15.7 Å². The molecule has 0 bridgehead atoms. The molecule has 1 atom stereocenters. The molecule has 0 aliphatic carbocycles. The zero-order valence-electron chi connectivity index (χ0n) is 13.5. The number of hydrogen-bond acceptors (Lipinski definition) is 4. The fourth-order valence-corrected chi connectivity index (χ4v) is 2.37. The number of carbonyl (C=O) groups excluding carboxylic acids is 1. The summed E-state index contributed by atoms with van der Waals surface area (Å²) in [5.41, 5.74) is 3.00. The number of aromatic nitrogens is 3. The molecule has 1 aromatic heterocycles. The molecule has 124 valence electrons. The topological polar surface area (TPSA) is 92.1 Å². The van der Waals surface area contributed by atoms with Crippen LogP contribution in [0.3, 0.4) is 0 Å². The van der Waals surface area contributed by atoms with Gasteiger partial charge in [0.15, 0.2) is 0 Å². The lowest BCUT2D eigenvalue weighted by molar-refractivity contribution is 0.173. The third-order valence-electron chi connectivity index (χ3n) is 3.41. The summed E-state index contributed by atoms with van der Waals surface area (Å²) in [4.78, 5) is 11.7. The number of aliphatic hydroxyl groups is 1. The van der Waals surface area contributed by atoms with Crippen LogP contribution in [0.15, 0.2) is 30.6 Å². The van der Waals surface area contributed by atoms with Crippen LogP contribution >= 0.6 is 0 Å². The second-order valence-electron chi connectivity index (χ2n) is 5.59. The molecule has 0 aliphatic rings. The second-order valence-corrected chi connectivity index (χ2v) is 5.59. The van der Waals surface area contributed by atoms with Crippen LogP contribution < -0.4 is 10.6 Å². The lowest BCUT2D eigenvalue weighted by Crippen LogP contribution is -2.38. The Kier molecular flexibility index (Phi) is 6.10. The van der Waals surface area contributed by atoms with Crippen molar-refractivity contribution in [3.8, 4) is 0 Å². The van der Waals surface area contributed by atoms with Gasteiger partial charge in [-0.25, -0.2) is 4.79 Å². The first-order valence-corrected chi connectivity index (χ1v) is 7.66. The van der Waals surface area contributed by atoms with Gasteiger partial charge in [0, 0.05) is 25.8 Å². The summed E-state index contributed by atoms with van der Waals surface area (Å²) in [5.74, 6) is 0. The predicted octanol–water partition coefficient (Wildman–Crippen LogP) is 1.32. The first kappa shape index (κ1) is 17.0. The summed E-state index contributed by atoms with van der Waals surface area (Å²) < 4.78 is 1.71. The van der Waals surface area contributed by atoms with Gasteiger partial charge in [0.1, 0.15) is 0 Å². The lowest BCUT2D eigenvalue weighted by atomic mass is 10.0. The maximum atomic E-state index is 11.7. The van der Waals surface area contributed by atoms with Crippen LogP contribution in [-0.4, -0.2) is 39.2 Å². The van der Waals surface area contributed by atoms with E-state index in [1.807, 2.05) is 32.0 Å². The predicted molar refractivity (Wildman–Crippen MR) is 86.9 cm³/mol. The minimum absolute atomic E-state index is 0.178. The highest BCUT2D eigenvalue weighted by atomic mass is 16.3. The van der Waals surface area contributed by atoms with Crippen molar-refractivity contribution in [2.45, 2.75) is 32.9 Å². The van der Waals surface area contributed by atoms with Crippen LogP contribution in [0, 0.1) is 13.8 Å². The highest BCUT2D eigenvalue weighted by Gasteiger charge is 2.10. The van der Waals surface area contributed by atoms with E-state index >= 15 is 0 Å². The zero-order chi connectivity index (χ0) is 16.7. The molecule has 2 aromatic rings. The number of carbonyl (C=O) groups is 1. The zero-order valence-corrected chi connectivity index (χ0v) is 13.5. The van der Waals surface area contributed by atoms with Gasteiger partial charge >= 0.3 is 6.03 Å². The maximum Gasteiger partial charge on any atom is 0.314 e. The molecule has 7 heteroatoms. The number of hydrogen-bond donors (Lipinski definition) is 3. The van der Waals surface area contributed by atoms with Crippen LogP contribution in [0.4, 0.5) is 4.79 Å². The summed E-state index contributed by atoms with van der Waals surface area (Å²) in [6, 6.07) is 5.61. The maximum absolute atomic E-state index is 11.7. The molecule has 1 heterocycles. The van der Waals surface area contributed by atoms with Crippen molar-refractivity contribution < 1.29 is 9.90 Å². The Morgan fingerprint density at radius 1 is 1.26 bits per heavy atom. The molecule has 0 fully saturated rings. The van der Waals surface area contributed by atoms with Gasteiger partial charge in [-0.3, -0.25) is 4.68 Å². The number of nitrogens with zero attached hydrogens (tertiary/aromatic N) is 3. The van der Waals surface area contributed by atoms with Crippen molar-refractivity contribution >= 4 is 6.03 Å². The van der Waals surface area contributed by atoms with E-state index in [0.29, 0.717) is 13.1 Å². The van der Waals surface area contributed by atoms with E-state index in [1.165, 1.54) is 0 Å². The monoisotopic (exact) mass is 317 g/mol. The quantitative estimate of drug-likeness (QED) is 0.672. The third-order valence-corrected chi connectivity index (χ3v) is 3.41. The van der Waals surface area contributed by atoms with E-state index in [0.717, 1.165) is 23.1 Å². The van der Waals surface area contributed by atoms with Gasteiger partial charge in [0.05, 0.1) is 12.3 Å². The normalized spacial score (nSPS) is 12.0. The van der Waals surface area contributed by atoms with Crippen LogP contribution in [0.2, 0.25) is 0 Å². The molecule has 7 nitrogen and oxygen atoms in total. The van der Waals surface area contributed by atoms with Crippen molar-refractivity contribution in [2.24, 2.45) is 0 Å². The van der Waals surface area contributed by atoms with Gasteiger partial charge in [0.25, 0.3) is 0 Å². The van der Waals surface area contributed by atoms with E-state index in [4.69, 9.17) is 0 Å². The van der Waals surface area contributed by atoms with Crippen molar-refractivity contribution in [2.75, 3.05) is 13.1 Å². The van der Waals surface area contributed by atoms with Crippen LogP contribution in [-0.2, 0) is 6.54 Å². The Morgan fingerprint density at radius 3 is 2.65 bits per heavy atom. The Morgan fingerprint density at radius 2 is 2.00 bits per heavy atom. The average molecular weight is 317 g/mol. The number of benzene rings is 1. The number of rotatable bonds is 7. The smallest absolute Gasteiger partial charge is 0.314 e. The van der Waals surface area contributed by atoms with E-state index in [-0.39, 0.29) is 12.6 Å². The summed E-state index contributed by atoms with van der Waals surface area (Å²) >= 11 is 0. The number of amides is 2. The molecule has 0 saturated heterocycles. The molecule has 0 spiro atoms. The molecule has 1 aromatic carbocycles. The van der Waals surface area contributed by atoms with Crippen molar-refractivity contribution in [1.82, 2.24) is 25.6 Å². The van der Waals surface area contributed by atoms with E-state index < -0.39 is 6.10 Å². The molecule has 0 radical (unpaired) electrons. The standard InChI is InChI=1S/C16H23N5O2/c1-12-8-13(2)10-14(9-12)15(22)11-18-16(23)17-4-3-6-21-7-5-19-20-21/h5,7-10,15,22H,3-4,6,11H2,1-2H3,(H2,17,18,23). The fraction of sp³-hybridized carbons (Fsp3) is 0.438. The van der Waals surface area contributed by atoms with Crippen LogP contribution in [0.25, 0.3) is 0 Å². The van der Waals surface area contributed by atoms with Gasteiger partial charge in [0.2, 0.25) is 0 Å². The highest BCUT2D eigenvalue weighted by molar-refractivity contribution is 5.73. The first-order chi connectivity index (χ1) is 11.0. The molecule has 0 saturated carbocycles. The minimum atomic E-state index is -0.713. The summed E-state index contributed by atoms with van der Waals surface area (Å²) in [5, 5.41) is 23.1. The second kappa shape index (κ2) is 8.28. The average Bonchev–Trinajstić information content (AvgIpc) is 3.01. The van der Waals surface area contributed by atoms with Gasteiger partial charge in [-0.2, -0.15) is 0 Å². The largest absolute Gasteiger partial charge is 0.387 e. The number of aliphatic hydroxyl groups excluding tert-OH is 1. The Hall–Kier alpha value is -2.41. The fourth-order valence-electron chi connectivity index (χ4n) is 2.37. The molecule has 1 unspecified atom stereocenters. The summed E-state index contributed by atoms with van der Waals surface area (Å²) in [6.45, 7) is 5.38. The van der Waals surface area contributed by atoms with Gasteiger partial charge in [-0.15, -0.1) is 5.10 Å². The van der Waals surface area contributed by atoms with Crippen molar-refractivity contribution in [1.29, 1.82) is 0 Å². The minimum Gasteiger partial charge on any atom is -0.387 e. The lowest BCUT2D eigenvalue weighted by Gasteiger charge is -2.14. The van der Waals surface area contributed by atoms with E-state index in [9.17, 15) is 9.90 Å². The molecule has 0 aliphatic heterocycles. The summed E-state index contributed by atoms with van der Waals surface area (Å²) in [7, 11) is 0. The third kappa shape index (κ3) is 5.71. The molecular formula is C16H23N5O2. The molecule has 2 amide bonds. The molecule has 23 heavy (non-hydrogen) atoms. The number of aryl methyl sites for hydroxylation is 3. The van der Waals surface area contributed by atoms with Crippen LogP contribution in [0.5, 0.6) is 0 Å². The molecule has 3 N–H and O–H groups in total. The Balaban J connectivity index is 1.67. The SMILES string of the molecule is Cc1cc(C)cc(C(O)CNC(=O)NCCCn2ccnn2)c1. The van der Waals surface area contributed by atoms with E-state index in [2.05, 4.69) is 20.9 Å². The van der Waals surface area contributed by atoms with E-state index in [1.54, 1.807) is 17.1 Å². The van der Waals surface area contributed by atoms with Crippen LogP contribution in [0.1, 0.15) is 29.2 Å². The number of urea groups is 1. The van der Waals surface area contributed by atoms with Gasteiger partial charge in [-0.05, 0) is 25.8 Å². The Labute approximate surface area is 135 Å². The summed E-state index contributed by atoms with van der Waals surface area (Å²) in [6.07, 6.45) is 3.44. The molecule has 2 rings (SSSR count). The first-order valence-electron chi connectivity index (χ1n) is 7.66.